The third-order valence-electron chi connectivity index (χ3n) is 6.13. The lowest BCUT2D eigenvalue weighted by molar-refractivity contribution is -0.141. The summed E-state index contributed by atoms with van der Waals surface area (Å²) in [5.74, 6) is -1.21. The number of fused-ring (bicyclic) bond motifs is 1. The number of halogens is 1. The van der Waals surface area contributed by atoms with Crippen molar-refractivity contribution in [2.45, 2.75) is 63.6 Å². The smallest absolute Gasteiger partial charge is 0.269 e. The number of nitrogens with one attached hydrogen (secondary N) is 1. The zero-order valence-electron chi connectivity index (χ0n) is 20.0. The predicted molar refractivity (Wildman–Crippen MR) is 133 cm³/mol. The molecule has 3 amide bonds. The highest BCUT2D eigenvalue weighted by Gasteiger charge is 2.40. The first kappa shape index (κ1) is 26.7. The number of amides is 3. The molecule has 1 aliphatic heterocycles. The lowest BCUT2D eigenvalue weighted by Crippen LogP contribution is -2.49. The SMILES string of the molecule is CC[C@@H](C)NC(=O)[C@H](C)N(Cc1ccccc1Cl)C(=O)CCCN1C(=O)c2ccccc2S1(=O)=O. The maximum Gasteiger partial charge on any atom is 0.269 e. The summed E-state index contributed by atoms with van der Waals surface area (Å²) < 4.78 is 26.3. The molecule has 8 nitrogen and oxygen atoms in total. The second-order valence-electron chi connectivity index (χ2n) is 8.59. The minimum absolute atomic E-state index is 0.0213. The van der Waals surface area contributed by atoms with Crippen molar-refractivity contribution in [1.82, 2.24) is 14.5 Å². The molecule has 1 heterocycles. The second kappa shape index (κ2) is 11.2. The van der Waals surface area contributed by atoms with Gasteiger partial charge in [0.2, 0.25) is 11.8 Å². The van der Waals surface area contributed by atoms with Gasteiger partial charge in [-0.05, 0) is 50.5 Å². The molecular formula is C25H30ClN3O5S. The summed E-state index contributed by atoms with van der Waals surface area (Å²) in [6.07, 6.45) is 0.829. The number of sulfonamides is 1. The van der Waals surface area contributed by atoms with Crippen LogP contribution in [-0.4, -0.2) is 54.0 Å². The Labute approximate surface area is 211 Å². The van der Waals surface area contributed by atoms with Crippen LogP contribution in [0.15, 0.2) is 53.4 Å². The van der Waals surface area contributed by atoms with Gasteiger partial charge in [-0.25, -0.2) is 12.7 Å². The van der Waals surface area contributed by atoms with Crippen molar-refractivity contribution in [3.05, 3.63) is 64.7 Å². The van der Waals surface area contributed by atoms with Gasteiger partial charge in [0, 0.05) is 30.6 Å². The van der Waals surface area contributed by atoms with Gasteiger partial charge >= 0.3 is 0 Å². The van der Waals surface area contributed by atoms with E-state index in [1.54, 1.807) is 43.3 Å². The first-order valence-corrected chi connectivity index (χ1v) is 13.4. The van der Waals surface area contributed by atoms with Gasteiger partial charge in [-0.2, -0.15) is 0 Å². The van der Waals surface area contributed by atoms with Gasteiger partial charge in [0.1, 0.15) is 10.9 Å². The number of carbonyl (C=O) groups excluding carboxylic acids is 3. The number of hydrogen-bond acceptors (Lipinski definition) is 5. The highest BCUT2D eigenvalue weighted by molar-refractivity contribution is 7.90. The average molecular weight is 520 g/mol. The summed E-state index contributed by atoms with van der Waals surface area (Å²) in [6, 6.07) is 12.3. The van der Waals surface area contributed by atoms with E-state index in [1.807, 2.05) is 13.8 Å². The topological polar surface area (TPSA) is 104 Å². The quantitative estimate of drug-likeness (QED) is 0.516. The Morgan fingerprint density at radius 3 is 2.40 bits per heavy atom. The van der Waals surface area contributed by atoms with Gasteiger partial charge in [0.25, 0.3) is 15.9 Å². The van der Waals surface area contributed by atoms with E-state index in [4.69, 9.17) is 11.6 Å². The van der Waals surface area contributed by atoms with E-state index in [0.29, 0.717) is 10.6 Å². The molecule has 35 heavy (non-hydrogen) atoms. The van der Waals surface area contributed by atoms with Gasteiger partial charge < -0.3 is 10.2 Å². The molecule has 2 atom stereocenters. The standard InChI is InChI=1S/C25H30ClN3O5S/c1-4-17(2)27-24(31)18(3)28(16-19-10-5-7-12-21(19)26)23(30)14-9-15-29-25(32)20-11-6-8-13-22(20)35(29,33)34/h5-8,10-13,17-18H,4,9,14-16H2,1-3H3,(H,27,31)/t17-,18+/m1/s1. The van der Waals surface area contributed by atoms with Crippen LogP contribution >= 0.6 is 11.6 Å². The fraction of sp³-hybridized carbons (Fsp3) is 0.400. The van der Waals surface area contributed by atoms with Crippen molar-refractivity contribution in [2.75, 3.05) is 6.54 Å². The zero-order valence-corrected chi connectivity index (χ0v) is 21.6. The van der Waals surface area contributed by atoms with Crippen molar-refractivity contribution in [2.24, 2.45) is 0 Å². The van der Waals surface area contributed by atoms with Gasteiger partial charge in [-0.1, -0.05) is 48.9 Å². The van der Waals surface area contributed by atoms with Crippen LogP contribution in [0.5, 0.6) is 0 Å². The lowest BCUT2D eigenvalue weighted by atomic mass is 10.1. The first-order chi connectivity index (χ1) is 16.6. The fourth-order valence-corrected chi connectivity index (χ4v) is 5.63. The van der Waals surface area contributed by atoms with E-state index in [2.05, 4.69) is 5.32 Å². The third kappa shape index (κ3) is 5.85. The maximum absolute atomic E-state index is 13.2. The summed E-state index contributed by atoms with van der Waals surface area (Å²) >= 11 is 6.30. The average Bonchev–Trinajstić information content (AvgIpc) is 3.03. The Hall–Kier alpha value is -2.91. The van der Waals surface area contributed by atoms with Crippen LogP contribution in [0.4, 0.5) is 0 Å². The minimum Gasteiger partial charge on any atom is -0.352 e. The molecule has 0 unspecified atom stereocenters. The molecule has 0 fully saturated rings. The zero-order chi connectivity index (χ0) is 25.8. The lowest BCUT2D eigenvalue weighted by Gasteiger charge is -2.30. The van der Waals surface area contributed by atoms with E-state index >= 15 is 0 Å². The van der Waals surface area contributed by atoms with Crippen LogP contribution in [0.2, 0.25) is 5.02 Å². The number of benzene rings is 2. The minimum atomic E-state index is -3.94. The summed E-state index contributed by atoms with van der Waals surface area (Å²) in [6.45, 7) is 5.48. The van der Waals surface area contributed by atoms with Crippen molar-refractivity contribution < 1.29 is 22.8 Å². The highest BCUT2D eigenvalue weighted by Crippen LogP contribution is 2.30. The van der Waals surface area contributed by atoms with Crippen LogP contribution in [0, 0.1) is 0 Å². The molecule has 0 bridgehead atoms. The van der Waals surface area contributed by atoms with Crippen molar-refractivity contribution in [1.29, 1.82) is 0 Å². The monoisotopic (exact) mass is 519 g/mol. The van der Waals surface area contributed by atoms with Crippen LogP contribution < -0.4 is 5.32 Å². The fourth-order valence-electron chi connectivity index (χ4n) is 3.83. The number of rotatable bonds is 10. The van der Waals surface area contributed by atoms with Crippen molar-refractivity contribution in [3.63, 3.8) is 0 Å². The molecule has 0 spiro atoms. The molecule has 1 aliphatic rings. The molecule has 3 rings (SSSR count). The van der Waals surface area contributed by atoms with Crippen LogP contribution in [0.25, 0.3) is 0 Å². The normalized spacial score (nSPS) is 15.9. The molecule has 0 aromatic heterocycles. The molecule has 0 radical (unpaired) electrons. The van der Waals surface area contributed by atoms with Crippen molar-refractivity contribution in [3.8, 4) is 0 Å². The Morgan fingerprint density at radius 2 is 1.74 bits per heavy atom. The summed E-state index contributed by atoms with van der Waals surface area (Å²) in [4.78, 5) is 40.1. The number of hydrogen-bond donors (Lipinski definition) is 1. The molecule has 10 heteroatoms. The van der Waals surface area contributed by atoms with Crippen LogP contribution in [-0.2, 0) is 26.2 Å². The molecule has 2 aromatic rings. The summed E-state index contributed by atoms with van der Waals surface area (Å²) in [5, 5.41) is 3.37. The van der Waals surface area contributed by atoms with E-state index in [0.717, 1.165) is 10.7 Å². The molecule has 0 saturated heterocycles. The van der Waals surface area contributed by atoms with Crippen LogP contribution in [0.3, 0.4) is 0 Å². The molecule has 188 valence electrons. The molecular weight excluding hydrogens is 490 g/mol. The third-order valence-corrected chi connectivity index (χ3v) is 8.34. The largest absolute Gasteiger partial charge is 0.352 e. The molecule has 0 saturated carbocycles. The van der Waals surface area contributed by atoms with E-state index < -0.39 is 22.0 Å². The van der Waals surface area contributed by atoms with Gasteiger partial charge in [-0.3, -0.25) is 14.4 Å². The molecule has 2 aromatic carbocycles. The Bertz CT molecular complexity index is 1220. The highest BCUT2D eigenvalue weighted by atomic mass is 35.5. The van der Waals surface area contributed by atoms with E-state index in [9.17, 15) is 22.8 Å². The Morgan fingerprint density at radius 1 is 1.09 bits per heavy atom. The predicted octanol–water partition coefficient (Wildman–Crippen LogP) is 3.60. The van der Waals surface area contributed by atoms with Crippen molar-refractivity contribution >= 4 is 39.3 Å². The van der Waals surface area contributed by atoms with E-state index in [-0.39, 0.29) is 54.2 Å². The Kier molecular flexibility index (Phi) is 8.56. The first-order valence-electron chi connectivity index (χ1n) is 11.6. The molecule has 1 N–H and O–H groups in total. The maximum atomic E-state index is 13.2. The number of carbonyl (C=O) groups is 3. The summed E-state index contributed by atoms with van der Waals surface area (Å²) in [7, 11) is -3.94. The van der Waals surface area contributed by atoms with Gasteiger partial charge in [0.05, 0.1) is 5.56 Å². The second-order valence-corrected chi connectivity index (χ2v) is 10.8. The van der Waals surface area contributed by atoms with Gasteiger partial charge in [-0.15, -0.1) is 0 Å². The molecule has 0 aliphatic carbocycles. The summed E-state index contributed by atoms with van der Waals surface area (Å²) in [5.41, 5.74) is 0.827. The Balaban J connectivity index is 1.72. The van der Waals surface area contributed by atoms with Crippen LogP contribution in [0.1, 0.15) is 56.0 Å². The van der Waals surface area contributed by atoms with Gasteiger partial charge in [0.15, 0.2) is 0 Å². The van der Waals surface area contributed by atoms with E-state index in [1.165, 1.54) is 17.0 Å². The number of nitrogens with zero attached hydrogens (tertiary/aromatic N) is 2.